The minimum absolute atomic E-state index is 0.240. The molecule has 0 amide bonds. The number of rotatable bonds is 6. The Morgan fingerprint density at radius 2 is 2.00 bits per heavy atom. The van der Waals surface area contributed by atoms with E-state index in [9.17, 15) is 8.42 Å². The molecule has 1 aromatic carbocycles. The van der Waals surface area contributed by atoms with Crippen LogP contribution in [0.2, 0.25) is 0 Å². The second-order valence-corrected chi connectivity index (χ2v) is 5.89. The van der Waals surface area contributed by atoms with Crippen LogP contribution in [0.4, 0.5) is 11.4 Å². The number of nitrogens with one attached hydrogen (secondary N) is 1. The molecule has 18 heavy (non-hydrogen) atoms. The fourth-order valence-electron chi connectivity index (χ4n) is 1.80. The number of nitrogen functional groups attached to an aromatic ring is 1. The SMILES string of the molecule is CCCN(CC)c1cc(S(=O)(=O)NC)ccc1N. The van der Waals surface area contributed by atoms with E-state index in [0.29, 0.717) is 5.69 Å². The quantitative estimate of drug-likeness (QED) is 0.767. The zero-order valence-corrected chi connectivity index (χ0v) is 11.9. The van der Waals surface area contributed by atoms with Crippen molar-refractivity contribution in [2.24, 2.45) is 0 Å². The van der Waals surface area contributed by atoms with E-state index >= 15 is 0 Å². The molecule has 0 aromatic heterocycles. The van der Waals surface area contributed by atoms with Crippen molar-refractivity contribution >= 4 is 21.4 Å². The largest absolute Gasteiger partial charge is 0.397 e. The molecule has 6 heteroatoms. The molecule has 0 bridgehead atoms. The average molecular weight is 271 g/mol. The summed E-state index contributed by atoms with van der Waals surface area (Å²) in [4.78, 5) is 2.31. The van der Waals surface area contributed by atoms with Gasteiger partial charge in [0.25, 0.3) is 0 Å². The molecule has 0 aliphatic heterocycles. The molecule has 0 fully saturated rings. The van der Waals surface area contributed by atoms with Crippen molar-refractivity contribution in [2.75, 3.05) is 30.8 Å². The van der Waals surface area contributed by atoms with Crippen molar-refractivity contribution < 1.29 is 8.42 Å². The third-order valence-electron chi connectivity index (χ3n) is 2.80. The maximum absolute atomic E-state index is 11.8. The lowest BCUT2D eigenvalue weighted by atomic mass is 10.2. The summed E-state index contributed by atoms with van der Waals surface area (Å²) in [5.41, 5.74) is 7.30. The molecular formula is C12H21N3O2S. The van der Waals surface area contributed by atoms with Crippen molar-refractivity contribution in [1.82, 2.24) is 4.72 Å². The van der Waals surface area contributed by atoms with Gasteiger partial charge in [0.05, 0.1) is 16.3 Å². The lowest BCUT2D eigenvalue weighted by molar-refractivity contribution is 0.588. The highest BCUT2D eigenvalue weighted by Gasteiger charge is 2.15. The Morgan fingerprint density at radius 1 is 1.33 bits per heavy atom. The van der Waals surface area contributed by atoms with Gasteiger partial charge in [-0.2, -0.15) is 0 Å². The lowest BCUT2D eigenvalue weighted by Gasteiger charge is -2.24. The summed E-state index contributed by atoms with van der Waals surface area (Å²) in [6, 6.07) is 4.78. The highest BCUT2D eigenvalue weighted by atomic mass is 32.2. The van der Waals surface area contributed by atoms with Gasteiger partial charge in [0, 0.05) is 13.1 Å². The summed E-state index contributed by atoms with van der Waals surface area (Å²) in [7, 11) is -2.03. The smallest absolute Gasteiger partial charge is 0.240 e. The van der Waals surface area contributed by atoms with Crippen LogP contribution < -0.4 is 15.4 Å². The van der Waals surface area contributed by atoms with Gasteiger partial charge < -0.3 is 10.6 Å². The Bertz CT molecular complexity index is 500. The fourth-order valence-corrected chi connectivity index (χ4v) is 2.55. The third kappa shape index (κ3) is 3.14. The van der Waals surface area contributed by atoms with Crippen molar-refractivity contribution in [1.29, 1.82) is 0 Å². The Hall–Kier alpha value is -1.27. The van der Waals surface area contributed by atoms with E-state index < -0.39 is 10.0 Å². The Morgan fingerprint density at radius 3 is 2.50 bits per heavy atom. The van der Waals surface area contributed by atoms with E-state index in [-0.39, 0.29) is 4.90 Å². The predicted octanol–water partition coefficient (Wildman–Crippen LogP) is 1.41. The number of anilines is 2. The van der Waals surface area contributed by atoms with Gasteiger partial charge >= 0.3 is 0 Å². The summed E-state index contributed by atoms with van der Waals surface area (Å²) in [5.74, 6) is 0. The Balaban J connectivity index is 3.24. The van der Waals surface area contributed by atoms with Crippen molar-refractivity contribution in [2.45, 2.75) is 25.2 Å². The van der Waals surface area contributed by atoms with Gasteiger partial charge in [0.2, 0.25) is 10.0 Å². The standard InChI is InChI=1S/C12H21N3O2S/c1-4-8-15(5-2)12-9-10(6-7-11(12)13)18(16,17)14-3/h6-7,9,14H,4-5,8,13H2,1-3H3. The van der Waals surface area contributed by atoms with E-state index in [1.165, 1.54) is 13.1 Å². The molecular weight excluding hydrogens is 250 g/mol. The highest BCUT2D eigenvalue weighted by molar-refractivity contribution is 7.89. The Labute approximate surface area is 109 Å². The maximum Gasteiger partial charge on any atom is 0.240 e. The van der Waals surface area contributed by atoms with Gasteiger partial charge in [-0.3, -0.25) is 0 Å². The third-order valence-corrected chi connectivity index (χ3v) is 4.21. The first-order chi connectivity index (χ1) is 8.46. The van der Waals surface area contributed by atoms with E-state index in [0.717, 1.165) is 25.2 Å². The van der Waals surface area contributed by atoms with E-state index in [4.69, 9.17) is 5.73 Å². The predicted molar refractivity (Wildman–Crippen MR) is 75.3 cm³/mol. The normalized spacial score (nSPS) is 11.5. The zero-order valence-electron chi connectivity index (χ0n) is 11.1. The number of sulfonamides is 1. The van der Waals surface area contributed by atoms with Crippen LogP contribution >= 0.6 is 0 Å². The molecule has 0 saturated heterocycles. The summed E-state index contributed by atoms with van der Waals surface area (Å²) in [6.45, 7) is 5.74. The second kappa shape index (κ2) is 6.06. The second-order valence-electron chi connectivity index (χ2n) is 4.01. The Kier molecular flexibility index (Phi) is 4.98. The minimum atomic E-state index is -3.43. The maximum atomic E-state index is 11.8. The average Bonchev–Trinajstić information content (AvgIpc) is 2.36. The monoisotopic (exact) mass is 271 g/mol. The summed E-state index contributed by atoms with van der Waals surface area (Å²) < 4.78 is 25.8. The topological polar surface area (TPSA) is 75.4 Å². The van der Waals surface area contributed by atoms with Gasteiger partial charge in [-0.05, 0) is 38.6 Å². The van der Waals surface area contributed by atoms with Crippen LogP contribution in [-0.4, -0.2) is 28.6 Å². The number of benzene rings is 1. The number of hydrogen-bond donors (Lipinski definition) is 2. The molecule has 1 rings (SSSR count). The number of nitrogens with two attached hydrogens (primary N) is 1. The van der Waals surface area contributed by atoms with Crippen LogP contribution in [0.5, 0.6) is 0 Å². The first-order valence-corrected chi connectivity index (χ1v) is 7.52. The van der Waals surface area contributed by atoms with Gasteiger partial charge in [-0.15, -0.1) is 0 Å². The van der Waals surface area contributed by atoms with Crippen LogP contribution in [0.15, 0.2) is 23.1 Å². The molecule has 0 spiro atoms. The molecule has 102 valence electrons. The van der Waals surface area contributed by atoms with Gasteiger partial charge in [0.15, 0.2) is 0 Å². The van der Waals surface area contributed by atoms with Crippen molar-refractivity contribution in [3.05, 3.63) is 18.2 Å². The molecule has 0 heterocycles. The first kappa shape index (κ1) is 14.8. The van der Waals surface area contributed by atoms with E-state index in [2.05, 4.69) is 16.5 Å². The van der Waals surface area contributed by atoms with Crippen molar-refractivity contribution in [3.8, 4) is 0 Å². The molecule has 0 atom stereocenters. The summed E-state index contributed by atoms with van der Waals surface area (Å²) in [5, 5.41) is 0. The van der Waals surface area contributed by atoms with Gasteiger partial charge in [-0.1, -0.05) is 6.92 Å². The van der Waals surface area contributed by atoms with Gasteiger partial charge in [-0.25, -0.2) is 13.1 Å². The van der Waals surface area contributed by atoms with Crippen LogP contribution in [-0.2, 0) is 10.0 Å². The molecule has 3 N–H and O–H groups in total. The molecule has 5 nitrogen and oxygen atoms in total. The van der Waals surface area contributed by atoms with Crippen LogP contribution in [0.1, 0.15) is 20.3 Å². The van der Waals surface area contributed by atoms with Gasteiger partial charge in [0.1, 0.15) is 0 Å². The van der Waals surface area contributed by atoms with E-state index in [1.807, 2.05) is 6.92 Å². The van der Waals surface area contributed by atoms with Crippen LogP contribution in [0.25, 0.3) is 0 Å². The van der Waals surface area contributed by atoms with E-state index in [1.54, 1.807) is 12.1 Å². The highest BCUT2D eigenvalue weighted by Crippen LogP contribution is 2.26. The van der Waals surface area contributed by atoms with Crippen LogP contribution in [0, 0.1) is 0 Å². The number of hydrogen-bond acceptors (Lipinski definition) is 4. The molecule has 1 aromatic rings. The first-order valence-electron chi connectivity index (χ1n) is 6.04. The lowest BCUT2D eigenvalue weighted by Crippen LogP contribution is -2.25. The summed E-state index contributed by atoms with van der Waals surface area (Å²) >= 11 is 0. The zero-order chi connectivity index (χ0) is 13.8. The molecule has 0 unspecified atom stereocenters. The minimum Gasteiger partial charge on any atom is -0.397 e. The van der Waals surface area contributed by atoms with Crippen molar-refractivity contribution in [3.63, 3.8) is 0 Å². The molecule has 0 aliphatic rings. The molecule has 0 radical (unpaired) electrons. The van der Waals surface area contributed by atoms with Crippen LogP contribution in [0.3, 0.4) is 0 Å². The molecule has 0 saturated carbocycles. The molecule has 0 aliphatic carbocycles. The fraction of sp³-hybridized carbons (Fsp3) is 0.500. The number of nitrogens with zero attached hydrogens (tertiary/aromatic N) is 1. The summed E-state index contributed by atoms with van der Waals surface area (Å²) in [6.07, 6.45) is 0.982.